The minimum atomic E-state index is 0.0556. The van der Waals surface area contributed by atoms with E-state index in [4.69, 9.17) is 11.6 Å². The molecule has 1 saturated carbocycles. The van der Waals surface area contributed by atoms with Gasteiger partial charge in [0.05, 0.1) is 11.4 Å². The maximum atomic E-state index is 6.10. The standard InChI is InChI=1S/C12H18ClN3/c1-7-8(2)15-11(10(13)14-7)16-12(3,4)9-5-6-9/h9H,5-6H2,1-4H3,(H,15,16). The first kappa shape index (κ1) is 11.6. The van der Waals surface area contributed by atoms with Gasteiger partial charge in [-0.2, -0.15) is 0 Å². The van der Waals surface area contributed by atoms with Gasteiger partial charge in [0, 0.05) is 5.54 Å². The molecule has 1 aliphatic rings. The Morgan fingerprint density at radius 2 is 1.75 bits per heavy atom. The summed E-state index contributed by atoms with van der Waals surface area (Å²) in [5.74, 6) is 1.44. The molecule has 1 aromatic rings. The lowest BCUT2D eigenvalue weighted by Gasteiger charge is -2.27. The minimum absolute atomic E-state index is 0.0556. The highest BCUT2D eigenvalue weighted by molar-refractivity contribution is 6.31. The average molecular weight is 240 g/mol. The Labute approximate surface area is 102 Å². The topological polar surface area (TPSA) is 37.8 Å². The number of nitrogens with zero attached hydrogens (tertiary/aromatic N) is 2. The molecule has 0 radical (unpaired) electrons. The highest BCUT2D eigenvalue weighted by Crippen LogP contribution is 2.41. The number of hydrogen-bond donors (Lipinski definition) is 1. The number of aryl methyl sites for hydroxylation is 2. The second-order valence-electron chi connectivity index (χ2n) is 5.15. The van der Waals surface area contributed by atoms with Crippen LogP contribution >= 0.6 is 11.6 Å². The Bertz CT molecular complexity index is 411. The summed E-state index contributed by atoms with van der Waals surface area (Å²) in [7, 11) is 0. The summed E-state index contributed by atoms with van der Waals surface area (Å²) >= 11 is 6.10. The fourth-order valence-corrected chi connectivity index (χ4v) is 2.08. The Morgan fingerprint density at radius 3 is 2.31 bits per heavy atom. The second kappa shape index (κ2) is 3.88. The van der Waals surface area contributed by atoms with Gasteiger partial charge in [-0.1, -0.05) is 11.6 Å². The molecular weight excluding hydrogens is 222 g/mol. The Kier molecular flexibility index (Phi) is 2.82. The lowest BCUT2D eigenvalue weighted by Crippen LogP contribution is -2.34. The summed E-state index contributed by atoms with van der Waals surface area (Å²) in [4.78, 5) is 8.74. The lowest BCUT2D eigenvalue weighted by atomic mass is 9.99. The number of halogens is 1. The van der Waals surface area contributed by atoms with E-state index in [0.717, 1.165) is 17.3 Å². The highest BCUT2D eigenvalue weighted by atomic mass is 35.5. The highest BCUT2D eigenvalue weighted by Gasteiger charge is 2.38. The van der Waals surface area contributed by atoms with Crippen LogP contribution in [-0.2, 0) is 0 Å². The molecule has 3 nitrogen and oxygen atoms in total. The van der Waals surface area contributed by atoms with Crippen molar-refractivity contribution in [3.63, 3.8) is 0 Å². The van der Waals surface area contributed by atoms with Crippen LogP contribution in [0, 0.1) is 19.8 Å². The molecule has 16 heavy (non-hydrogen) atoms. The molecular formula is C12H18ClN3. The first-order valence-electron chi connectivity index (χ1n) is 5.69. The van der Waals surface area contributed by atoms with Gasteiger partial charge in [0.15, 0.2) is 11.0 Å². The Morgan fingerprint density at radius 1 is 1.19 bits per heavy atom. The smallest absolute Gasteiger partial charge is 0.171 e. The summed E-state index contributed by atoms with van der Waals surface area (Å²) in [6, 6.07) is 0. The molecule has 1 heterocycles. The van der Waals surface area contributed by atoms with E-state index in [1.54, 1.807) is 0 Å². The first-order chi connectivity index (χ1) is 7.40. The van der Waals surface area contributed by atoms with Gasteiger partial charge in [-0.25, -0.2) is 9.97 Å². The number of rotatable bonds is 3. The van der Waals surface area contributed by atoms with Gasteiger partial charge in [0.1, 0.15) is 0 Å². The maximum absolute atomic E-state index is 6.10. The largest absolute Gasteiger partial charge is 0.362 e. The fraction of sp³-hybridized carbons (Fsp3) is 0.667. The lowest BCUT2D eigenvalue weighted by molar-refractivity contribution is 0.492. The number of hydrogen-bond acceptors (Lipinski definition) is 3. The van der Waals surface area contributed by atoms with Crippen molar-refractivity contribution >= 4 is 17.4 Å². The molecule has 4 heteroatoms. The van der Waals surface area contributed by atoms with Crippen molar-refractivity contribution in [1.29, 1.82) is 0 Å². The molecule has 0 unspecified atom stereocenters. The van der Waals surface area contributed by atoms with Gasteiger partial charge >= 0.3 is 0 Å². The van der Waals surface area contributed by atoms with Crippen molar-refractivity contribution in [1.82, 2.24) is 9.97 Å². The van der Waals surface area contributed by atoms with Crippen molar-refractivity contribution in [2.24, 2.45) is 5.92 Å². The van der Waals surface area contributed by atoms with E-state index < -0.39 is 0 Å². The zero-order valence-corrected chi connectivity index (χ0v) is 11.0. The summed E-state index contributed by atoms with van der Waals surface area (Å²) in [6.45, 7) is 8.26. The van der Waals surface area contributed by atoms with E-state index in [2.05, 4.69) is 29.1 Å². The van der Waals surface area contributed by atoms with Crippen LogP contribution in [0.1, 0.15) is 38.1 Å². The molecule has 0 spiro atoms. The molecule has 1 aromatic heterocycles. The van der Waals surface area contributed by atoms with E-state index in [9.17, 15) is 0 Å². The van der Waals surface area contributed by atoms with Crippen LogP contribution in [0.4, 0.5) is 5.82 Å². The van der Waals surface area contributed by atoms with Gasteiger partial charge in [0.25, 0.3) is 0 Å². The maximum Gasteiger partial charge on any atom is 0.171 e. The van der Waals surface area contributed by atoms with E-state index >= 15 is 0 Å². The van der Waals surface area contributed by atoms with E-state index in [0.29, 0.717) is 11.0 Å². The van der Waals surface area contributed by atoms with Crippen LogP contribution in [0.5, 0.6) is 0 Å². The molecule has 0 saturated heterocycles. The van der Waals surface area contributed by atoms with Gasteiger partial charge in [-0.15, -0.1) is 0 Å². The summed E-state index contributed by atoms with van der Waals surface area (Å²) < 4.78 is 0. The van der Waals surface area contributed by atoms with E-state index in [1.165, 1.54) is 12.8 Å². The average Bonchev–Trinajstić information content (AvgIpc) is 2.96. The molecule has 0 bridgehead atoms. The molecule has 0 atom stereocenters. The number of nitrogens with one attached hydrogen (secondary N) is 1. The number of anilines is 1. The van der Waals surface area contributed by atoms with Crippen molar-refractivity contribution in [3.8, 4) is 0 Å². The van der Waals surface area contributed by atoms with Gasteiger partial charge in [-0.05, 0) is 46.5 Å². The Hall–Kier alpha value is -0.830. The van der Waals surface area contributed by atoms with Crippen LogP contribution in [0.15, 0.2) is 0 Å². The predicted molar refractivity (Wildman–Crippen MR) is 66.9 cm³/mol. The van der Waals surface area contributed by atoms with Crippen LogP contribution in [0.2, 0.25) is 5.15 Å². The van der Waals surface area contributed by atoms with Gasteiger partial charge in [0.2, 0.25) is 0 Å². The molecule has 1 aliphatic carbocycles. The fourth-order valence-electron chi connectivity index (χ4n) is 1.87. The zero-order valence-electron chi connectivity index (χ0n) is 10.3. The van der Waals surface area contributed by atoms with Gasteiger partial charge < -0.3 is 5.32 Å². The van der Waals surface area contributed by atoms with Crippen LogP contribution in [0.25, 0.3) is 0 Å². The third-order valence-corrected chi connectivity index (χ3v) is 3.57. The minimum Gasteiger partial charge on any atom is -0.362 e. The van der Waals surface area contributed by atoms with Crippen LogP contribution in [-0.4, -0.2) is 15.5 Å². The first-order valence-corrected chi connectivity index (χ1v) is 6.07. The van der Waals surface area contributed by atoms with Crippen LogP contribution < -0.4 is 5.32 Å². The second-order valence-corrected chi connectivity index (χ2v) is 5.51. The third-order valence-electron chi connectivity index (χ3n) is 3.30. The molecule has 0 aliphatic heterocycles. The third kappa shape index (κ3) is 2.29. The Balaban J connectivity index is 2.23. The summed E-state index contributed by atoms with van der Waals surface area (Å²) in [6.07, 6.45) is 2.58. The monoisotopic (exact) mass is 239 g/mol. The molecule has 1 N–H and O–H groups in total. The quantitative estimate of drug-likeness (QED) is 0.879. The van der Waals surface area contributed by atoms with E-state index in [-0.39, 0.29) is 5.54 Å². The normalized spacial score (nSPS) is 16.3. The SMILES string of the molecule is Cc1nc(Cl)c(NC(C)(C)C2CC2)nc1C. The molecule has 88 valence electrons. The van der Waals surface area contributed by atoms with Crippen molar-refractivity contribution in [2.45, 2.75) is 46.1 Å². The summed E-state index contributed by atoms with van der Waals surface area (Å²) in [5, 5.41) is 3.88. The van der Waals surface area contributed by atoms with Crippen molar-refractivity contribution in [2.75, 3.05) is 5.32 Å². The summed E-state index contributed by atoms with van der Waals surface area (Å²) in [5.41, 5.74) is 1.87. The van der Waals surface area contributed by atoms with Gasteiger partial charge in [-0.3, -0.25) is 0 Å². The molecule has 0 amide bonds. The molecule has 0 aromatic carbocycles. The molecule has 2 rings (SSSR count). The van der Waals surface area contributed by atoms with Crippen LogP contribution in [0.3, 0.4) is 0 Å². The zero-order chi connectivity index (χ0) is 11.9. The van der Waals surface area contributed by atoms with E-state index in [1.807, 2.05) is 13.8 Å². The predicted octanol–water partition coefficient (Wildman–Crippen LogP) is 3.35. The number of aromatic nitrogens is 2. The molecule has 1 fully saturated rings. The van der Waals surface area contributed by atoms with Crippen molar-refractivity contribution in [3.05, 3.63) is 16.5 Å². The van der Waals surface area contributed by atoms with Crippen molar-refractivity contribution < 1.29 is 0 Å².